The number of nitrogens with one attached hydrogen (secondary N) is 1. The van der Waals surface area contributed by atoms with E-state index in [1.165, 1.54) is 11.0 Å². The molecule has 0 atom stereocenters. The quantitative estimate of drug-likeness (QED) is 0.374. The number of para-hydroxylation sites is 1. The van der Waals surface area contributed by atoms with Crippen molar-refractivity contribution in [2.75, 3.05) is 13.7 Å². The molecule has 0 saturated heterocycles. The van der Waals surface area contributed by atoms with Crippen molar-refractivity contribution in [2.24, 2.45) is 0 Å². The molecule has 1 heterocycles. The first-order valence-corrected chi connectivity index (χ1v) is 8.99. The number of ether oxygens (including phenoxy) is 1. The molecule has 0 unspecified atom stereocenters. The van der Waals surface area contributed by atoms with Gasteiger partial charge in [0.05, 0.1) is 35.0 Å². The Morgan fingerprint density at radius 3 is 2.57 bits per heavy atom. The second-order valence-electron chi connectivity index (χ2n) is 6.37. The van der Waals surface area contributed by atoms with Crippen molar-refractivity contribution in [1.82, 2.24) is 14.9 Å². The summed E-state index contributed by atoms with van der Waals surface area (Å²) in [5, 5.41) is 11.6. The van der Waals surface area contributed by atoms with Gasteiger partial charge in [-0.3, -0.25) is 19.7 Å². The molecule has 154 valence electrons. The van der Waals surface area contributed by atoms with Gasteiger partial charge in [-0.15, -0.1) is 0 Å². The number of H-pyrrole nitrogens is 1. The number of hydrogen-bond donors (Lipinski definition) is 1. The number of nitro benzene ring substituents is 1. The molecule has 3 aromatic rings. The van der Waals surface area contributed by atoms with E-state index in [4.69, 9.17) is 0 Å². The van der Waals surface area contributed by atoms with Crippen LogP contribution in [0.3, 0.4) is 0 Å². The summed E-state index contributed by atoms with van der Waals surface area (Å²) in [4.78, 5) is 56.0. The molecule has 0 fully saturated rings. The van der Waals surface area contributed by atoms with Crippen LogP contribution in [0.15, 0.2) is 47.3 Å². The van der Waals surface area contributed by atoms with Gasteiger partial charge >= 0.3 is 5.97 Å². The molecule has 2 aromatic carbocycles. The zero-order chi connectivity index (χ0) is 21.8. The lowest BCUT2D eigenvalue weighted by atomic mass is 10.1. The molecule has 1 aromatic heterocycles. The number of amides is 1. The molecule has 1 N–H and O–H groups in total. The van der Waals surface area contributed by atoms with Crippen molar-refractivity contribution in [3.63, 3.8) is 0 Å². The number of aromatic amines is 1. The highest BCUT2D eigenvalue weighted by Crippen LogP contribution is 2.20. The van der Waals surface area contributed by atoms with Crippen LogP contribution in [0.1, 0.15) is 33.5 Å². The van der Waals surface area contributed by atoms with Gasteiger partial charge in [0.25, 0.3) is 17.2 Å². The van der Waals surface area contributed by atoms with Crippen LogP contribution >= 0.6 is 0 Å². The summed E-state index contributed by atoms with van der Waals surface area (Å²) >= 11 is 0. The summed E-state index contributed by atoms with van der Waals surface area (Å²) < 4.78 is 4.61. The van der Waals surface area contributed by atoms with E-state index in [1.54, 1.807) is 31.2 Å². The Labute approximate surface area is 170 Å². The lowest BCUT2D eigenvalue weighted by molar-refractivity contribution is -0.384. The minimum absolute atomic E-state index is 0.0222. The normalized spacial score (nSPS) is 10.6. The van der Waals surface area contributed by atoms with Crippen LogP contribution in [-0.4, -0.2) is 45.3 Å². The molecule has 0 saturated carbocycles. The van der Waals surface area contributed by atoms with E-state index in [9.17, 15) is 24.5 Å². The number of methoxy groups -OCH3 is 1. The predicted octanol–water partition coefficient (Wildman–Crippen LogP) is 2.28. The van der Waals surface area contributed by atoms with Crippen LogP contribution < -0.4 is 5.56 Å². The van der Waals surface area contributed by atoms with Gasteiger partial charge in [-0.25, -0.2) is 9.78 Å². The number of aromatic nitrogens is 2. The molecule has 0 spiro atoms. The van der Waals surface area contributed by atoms with Crippen LogP contribution in [0, 0.1) is 10.1 Å². The van der Waals surface area contributed by atoms with E-state index in [-0.39, 0.29) is 35.6 Å². The third-order valence-corrected chi connectivity index (χ3v) is 4.47. The smallest absolute Gasteiger partial charge is 0.338 e. The molecule has 10 nitrogen and oxygen atoms in total. The molecule has 0 aliphatic heterocycles. The largest absolute Gasteiger partial charge is 0.465 e. The van der Waals surface area contributed by atoms with Crippen LogP contribution in [0.2, 0.25) is 0 Å². The number of rotatable bonds is 6. The van der Waals surface area contributed by atoms with Crippen molar-refractivity contribution < 1.29 is 19.2 Å². The molecule has 0 radical (unpaired) electrons. The molecule has 1 amide bonds. The van der Waals surface area contributed by atoms with Gasteiger partial charge in [-0.1, -0.05) is 12.1 Å². The van der Waals surface area contributed by atoms with Gasteiger partial charge in [0, 0.05) is 24.2 Å². The number of benzene rings is 2. The number of non-ortho nitro benzene ring substituents is 1. The second-order valence-corrected chi connectivity index (χ2v) is 6.37. The van der Waals surface area contributed by atoms with Crippen LogP contribution in [0.5, 0.6) is 0 Å². The molecule has 3 rings (SSSR count). The molecule has 0 bridgehead atoms. The predicted molar refractivity (Wildman–Crippen MR) is 107 cm³/mol. The first kappa shape index (κ1) is 20.6. The average molecular weight is 410 g/mol. The fraction of sp³-hybridized carbons (Fsp3) is 0.200. The van der Waals surface area contributed by atoms with Gasteiger partial charge in [-0.2, -0.15) is 0 Å². The van der Waals surface area contributed by atoms with E-state index < -0.39 is 22.5 Å². The second kappa shape index (κ2) is 8.52. The summed E-state index contributed by atoms with van der Waals surface area (Å²) in [6.45, 7) is 1.94. The van der Waals surface area contributed by atoms with E-state index in [2.05, 4.69) is 14.7 Å². The topological polar surface area (TPSA) is 136 Å². The lowest BCUT2D eigenvalue weighted by Gasteiger charge is -2.20. The summed E-state index contributed by atoms with van der Waals surface area (Å²) in [5.74, 6) is -1.08. The Hall–Kier alpha value is -4.08. The third kappa shape index (κ3) is 4.17. The molecular formula is C20H18N4O6. The fourth-order valence-corrected chi connectivity index (χ4v) is 2.98. The maximum atomic E-state index is 13.0. The Bertz CT molecular complexity index is 1200. The molecule has 0 aliphatic rings. The summed E-state index contributed by atoms with van der Waals surface area (Å²) in [5.41, 5.74) is -0.405. The highest BCUT2D eigenvalue weighted by molar-refractivity contribution is 5.99. The SMILES string of the molecule is CCN(Cc1nc2ccccc2c(=O)[nH]1)C(=O)c1cc(C(=O)OC)cc([N+](=O)[O-])c1. The maximum Gasteiger partial charge on any atom is 0.338 e. The van der Waals surface area contributed by atoms with Crippen molar-refractivity contribution in [1.29, 1.82) is 0 Å². The molecule has 10 heteroatoms. The standard InChI is InChI=1S/C20H18N4O6/c1-3-23(11-17-21-16-7-5-4-6-15(16)18(25)22-17)19(26)12-8-13(20(27)30-2)10-14(9-12)24(28)29/h4-10H,3,11H2,1-2H3,(H,21,22,25). The zero-order valence-electron chi connectivity index (χ0n) is 16.2. The van der Waals surface area contributed by atoms with Gasteiger partial charge in [0.1, 0.15) is 5.82 Å². The van der Waals surface area contributed by atoms with E-state index in [0.29, 0.717) is 10.9 Å². The monoisotopic (exact) mass is 410 g/mol. The average Bonchev–Trinajstić information content (AvgIpc) is 2.76. The zero-order valence-corrected chi connectivity index (χ0v) is 16.2. The van der Waals surface area contributed by atoms with Gasteiger partial charge in [0.2, 0.25) is 0 Å². The number of nitrogens with zero attached hydrogens (tertiary/aromatic N) is 3. The minimum atomic E-state index is -0.795. The maximum absolute atomic E-state index is 13.0. The highest BCUT2D eigenvalue weighted by atomic mass is 16.6. The summed E-state index contributed by atoms with van der Waals surface area (Å²) in [6.07, 6.45) is 0. The Kier molecular flexibility index (Phi) is 5.86. The molecule has 30 heavy (non-hydrogen) atoms. The summed E-state index contributed by atoms with van der Waals surface area (Å²) in [7, 11) is 1.14. The van der Waals surface area contributed by atoms with E-state index >= 15 is 0 Å². The Balaban J connectivity index is 1.96. The number of carbonyl (C=O) groups excluding carboxylic acids is 2. The number of fused-ring (bicyclic) bond motifs is 1. The van der Waals surface area contributed by atoms with Crippen LogP contribution in [0.25, 0.3) is 10.9 Å². The highest BCUT2D eigenvalue weighted by Gasteiger charge is 2.22. The first-order chi connectivity index (χ1) is 14.3. The minimum Gasteiger partial charge on any atom is -0.465 e. The van der Waals surface area contributed by atoms with Crippen molar-refractivity contribution in [3.8, 4) is 0 Å². The van der Waals surface area contributed by atoms with Gasteiger partial charge < -0.3 is 14.6 Å². The first-order valence-electron chi connectivity index (χ1n) is 8.99. The van der Waals surface area contributed by atoms with Crippen molar-refractivity contribution in [3.05, 3.63) is 79.9 Å². The van der Waals surface area contributed by atoms with Gasteiger partial charge in [-0.05, 0) is 25.1 Å². The van der Waals surface area contributed by atoms with Crippen LogP contribution in [-0.2, 0) is 11.3 Å². The molecular weight excluding hydrogens is 392 g/mol. The number of carbonyl (C=O) groups is 2. The summed E-state index contributed by atoms with van der Waals surface area (Å²) in [6, 6.07) is 10.2. The number of hydrogen-bond acceptors (Lipinski definition) is 7. The Morgan fingerprint density at radius 2 is 1.90 bits per heavy atom. The Morgan fingerprint density at radius 1 is 1.20 bits per heavy atom. The van der Waals surface area contributed by atoms with E-state index in [0.717, 1.165) is 19.2 Å². The van der Waals surface area contributed by atoms with Gasteiger partial charge in [0.15, 0.2) is 0 Å². The van der Waals surface area contributed by atoms with E-state index in [1.807, 2.05) is 0 Å². The van der Waals surface area contributed by atoms with Crippen molar-refractivity contribution in [2.45, 2.75) is 13.5 Å². The lowest BCUT2D eigenvalue weighted by Crippen LogP contribution is -2.32. The number of nitro groups is 1. The number of esters is 1. The third-order valence-electron chi connectivity index (χ3n) is 4.47. The fourth-order valence-electron chi connectivity index (χ4n) is 2.98. The van der Waals surface area contributed by atoms with Crippen molar-refractivity contribution >= 4 is 28.5 Å². The molecule has 0 aliphatic carbocycles. The van der Waals surface area contributed by atoms with Crippen LogP contribution in [0.4, 0.5) is 5.69 Å².